The number of benzene rings is 2. The van der Waals surface area contributed by atoms with Crippen molar-refractivity contribution in [2.75, 3.05) is 6.61 Å². The average molecular weight is 378 g/mol. The number of carbonyl (C=O) groups is 1. The van der Waals surface area contributed by atoms with Gasteiger partial charge in [0.1, 0.15) is 5.75 Å². The quantitative estimate of drug-likeness (QED) is 0.510. The lowest BCUT2D eigenvalue weighted by molar-refractivity contribution is -0.123. The second-order valence-corrected chi connectivity index (χ2v) is 6.43. The Morgan fingerprint density at radius 3 is 2.46 bits per heavy atom. The minimum Gasteiger partial charge on any atom is -0.483 e. The third kappa shape index (κ3) is 4.20. The molecule has 0 aliphatic heterocycles. The molecule has 0 aliphatic carbocycles. The minimum atomic E-state index is -0.407. The summed E-state index contributed by atoms with van der Waals surface area (Å²) in [6, 6.07) is 15.0. The molecule has 3 aromatic rings. The second-order valence-electron chi connectivity index (χ2n) is 6.43. The predicted molar refractivity (Wildman–Crippen MR) is 108 cm³/mol. The molecule has 0 atom stereocenters. The lowest BCUT2D eigenvalue weighted by Crippen LogP contribution is -2.25. The van der Waals surface area contributed by atoms with E-state index in [1.807, 2.05) is 62.4 Å². The Bertz CT molecular complexity index is 1040. The van der Waals surface area contributed by atoms with Gasteiger partial charge in [0.15, 0.2) is 6.61 Å². The first-order chi connectivity index (χ1) is 13.5. The Morgan fingerprint density at radius 2 is 1.79 bits per heavy atom. The first-order valence-electron chi connectivity index (χ1n) is 8.85. The van der Waals surface area contributed by atoms with Crippen molar-refractivity contribution in [1.82, 2.24) is 15.2 Å². The molecule has 0 unspecified atom stereocenters. The molecule has 0 aliphatic rings. The van der Waals surface area contributed by atoms with Crippen LogP contribution < -0.4 is 15.7 Å². The van der Waals surface area contributed by atoms with Gasteiger partial charge < -0.3 is 4.74 Å². The third-order valence-electron chi connectivity index (χ3n) is 4.27. The van der Waals surface area contributed by atoms with E-state index in [-0.39, 0.29) is 12.2 Å². The van der Waals surface area contributed by atoms with Gasteiger partial charge in [-0.15, -0.1) is 0 Å². The van der Waals surface area contributed by atoms with E-state index in [1.165, 1.54) is 10.9 Å². The number of hydrogen-bond donors (Lipinski definition) is 2. The van der Waals surface area contributed by atoms with Crippen molar-refractivity contribution < 1.29 is 9.53 Å². The monoisotopic (exact) mass is 378 g/mol. The van der Waals surface area contributed by atoms with Gasteiger partial charge in [-0.3, -0.25) is 14.7 Å². The van der Waals surface area contributed by atoms with Gasteiger partial charge in [-0.25, -0.2) is 10.1 Å². The van der Waals surface area contributed by atoms with Crippen LogP contribution in [0, 0.1) is 20.8 Å². The van der Waals surface area contributed by atoms with E-state index >= 15 is 0 Å². The number of nitrogens with one attached hydrogen (secondary N) is 2. The zero-order chi connectivity index (χ0) is 20.1. The molecule has 28 heavy (non-hydrogen) atoms. The van der Waals surface area contributed by atoms with Crippen LogP contribution in [0.4, 0.5) is 0 Å². The standard InChI is InChI=1S/C21H22N4O3/c1-14-8-7-9-15(2)20(14)28-13-19(26)23-22-12-18-16(3)24-25(21(18)27)17-10-5-4-6-11-17/h4-12,24H,13H2,1-3H3,(H,23,26). The molecular formula is C21H22N4O3. The third-order valence-corrected chi connectivity index (χ3v) is 4.27. The van der Waals surface area contributed by atoms with Gasteiger partial charge >= 0.3 is 0 Å². The molecule has 7 heteroatoms. The Morgan fingerprint density at radius 1 is 1.11 bits per heavy atom. The SMILES string of the molecule is Cc1cccc(C)c1OCC(=O)NN=Cc1c(C)[nH]n(-c2ccccc2)c1=O. The van der Waals surface area contributed by atoms with Gasteiger partial charge in [-0.05, 0) is 44.0 Å². The highest BCUT2D eigenvalue weighted by Crippen LogP contribution is 2.21. The van der Waals surface area contributed by atoms with Crippen molar-refractivity contribution in [2.45, 2.75) is 20.8 Å². The summed E-state index contributed by atoms with van der Waals surface area (Å²) in [6.07, 6.45) is 1.34. The number of carbonyl (C=O) groups excluding carboxylic acids is 1. The van der Waals surface area contributed by atoms with Crippen molar-refractivity contribution in [1.29, 1.82) is 0 Å². The number of hydrogen-bond acceptors (Lipinski definition) is 4. The molecule has 0 saturated carbocycles. The molecule has 0 spiro atoms. The van der Waals surface area contributed by atoms with Gasteiger partial charge in [0, 0.05) is 5.69 Å². The maximum Gasteiger partial charge on any atom is 0.280 e. The van der Waals surface area contributed by atoms with E-state index in [0.29, 0.717) is 17.0 Å². The maximum absolute atomic E-state index is 12.6. The summed E-state index contributed by atoms with van der Waals surface area (Å²) in [6.45, 7) is 5.45. The lowest BCUT2D eigenvalue weighted by Gasteiger charge is -2.10. The van der Waals surface area contributed by atoms with Gasteiger partial charge in [0.25, 0.3) is 11.5 Å². The maximum atomic E-state index is 12.6. The summed E-state index contributed by atoms with van der Waals surface area (Å²) in [5.41, 5.74) is 5.81. The van der Waals surface area contributed by atoms with Crippen molar-refractivity contribution in [3.8, 4) is 11.4 Å². The van der Waals surface area contributed by atoms with Crippen molar-refractivity contribution in [2.24, 2.45) is 5.10 Å². The molecule has 0 bridgehead atoms. The van der Waals surface area contributed by atoms with E-state index in [2.05, 4.69) is 15.6 Å². The molecule has 0 radical (unpaired) electrons. The molecule has 0 fully saturated rings. The number of aryl methyl sites for hydroxylation is 3. The zero-order valence-corrected chi connectivity index (χ0v) is 16.0. The molecule has 0 saturated heterocycles. The number of H-pyrrole nitrogens is 1. The number of amides is 1. The van der Waals surface area contributed by atoms with E-state index in [9.17, 15) is 9.59 Å². The van der Waals surface area contributed by atoms with Crippen molar-refractivity contribution >= 4 is 12.1 Å². The number of hydrazone groups is 1. The van der Waals surface area contributed by atoms with Gasteiger partial charge in [-0.1, -0.05) is 36.4 Å². The van der Waals surface area contributed by atoms with E-state index in [4.69, 9.17) is 4.74 Å². The Kier molecular flexibility index (Phi) is 5.74. The van der Waals surface area contributed by atoms with Gasteiger partial charge in [0.05, 0.1) is 17.5 Å². The van der Waals surface area contributed by atoms with Crippen LogP contribution in [0.2, 0.25) is 0 Å². The van der Waals surface area contributed by atoms with Crippen LogP contribution in [0.25, 0.3) is 5.69 Å². The lowest BCUT2D eigenvalue weighted by atomic mass is 10.1. The average Bonchev–Trinajstić information content (AvgIpc) is 2.96. The Labute approximate surface area is 162 Å². The molecule has 1 aromatic heterocycles. The van der Waals surface area contributed by atoms with Crippen LogP contribution in [-0.4, -0.2) is 28.5 Å². The number of ether oxygens (including phenoxy) is 1. The molecule has 3 rings (SSSR count). The second kappa shape index (κ2) is 8.39. The smallest absolute Gasteiger partial charge is 0.280 e. The van der Waals surface area contributed by atoms with E-state index < -0.39 is 5.91 Å². The normalized spacial score (nSPS) is 11.0. The van der Waals surface area contributed by atoms with Crippen LogP contribution in [-0.2, 0) is 4.79 Å². The molecular weight excluding hydrogens is 356 g/mol. The first kappa shape index (κ1) is 19.2. The largest absolute Gasteiger partial charge is 0.483 e. The number of nitrogens with zero attached hydrogens (tertiary/aromatic N) is 2. The summed E-state index contributed by atoms with van der Waals surface area (Å²) >= 11 is 0. The summed E-state index contributed by atoms with van der Waals surface area (Å²) in [5.74, 6) is 0.282. The van der Waals surface area contributed by atoms with Gasteiger partial charge in [0.2, 0.25) is 0 Å². The van der Waals surface area contributed by atoms with Crippen LogP contribution in [0.1, 0.15) is 22.4 Å². The number of para-hydroxylation sites is 2. The fraction of sp³-hybridized carbons (Fsp3) is 0.190. The first-order valence-corrected chi connectivity index (χ1v) is 8.85. The van der Waals surface area contributed by atoms with Gasteiger partial charge in [-0.2, -0.15) is 5.10 Å². The topological polar surface area (TPSA) is 88.5 Å². The van der Waals surface area contributed by atoms with Crippen LogP contribution >= 0.6 is 0 Å². The molecule has 2 N–H and O–H groups in total. The highest BCUT2D eigenvalue weighted by molar-refractivity contribution is 5.83. The molecule has 144 valence electrons. The number of aromatic nitrogens is 2. The Hall–Kier alpha value is -3.61. The Balaban J connectivity index is 1.64. The van der Waals surface area contributed by atoms with E-state index in [1.54, 1.807) is 6.92 Å². The summed E-state index contributed by atoms with van der Waals surface area (Å²) < 4.78 is 7.02. The van der Waals surface area contributed by atoms with Crippen LogP contribution in [0.15, 0.2) is 58.4 Å². The highest BCUT2D eigenvalue weighted by atomic mass is 16.5. The summed E-state index contributed by atoms with van der Waals surface area (Å²) in [7, 11) is 0. The highest BCUT2D eigenvalue weighted by Gasteiger charge is 2.11. The van der Waals surface area contributed by atoms with Crippen molar-refractivity contribution in [3.63, 3.8) is 0 Å². The number of aromatic amines is 1. The molecule has 2 aromatic carbocycles. The van der Waals surface area contributed by atoms with Crippen LogP contribution in [0.5, 0.6) is 5.75 Å². The zero-order valence-electron chi connectivity index (χ0n) is 16.0. The van der Waals surface area contributed by atoms with E-state index in [0.717, 1.165) is 16.8 Å². The molecule has 1 amide bonds. The fourth-order valence-electron chi connectivity index (χ4n) is 2.84. The summed E-state index contributed by atoms with van der Waals surface area (Å²) in [5, 5.41) is 6.89. The van der Waals surface area contributed by atoms with Crippen molar-refractivity contribution in [3.05, 3.63) is 81.3 Å². The number of rotatable bonds is 6. The summed E-state index contributed by atoms with van der Waals surface area (Å²) in [4.78, 5) is 24.5. The van der Waals surface area contributed by atoms with Crippen LogP contribution in [0.3, 0.4) is 0 Å². The predicted octanol–water partition coefficient (Wildman–Crippen LogP) is 2.62. The molecule has 7 nitrogen and oxygen atoms in total. The molecule has 1 heterocycles. The fourth-order valence-corrected chi connectivity index (χ4v) is 2.84. The minimum absolute atomic E-state index is 0.163.